The maximum Gasteiger partial charge on any atom is 0.255 e. The molecule has 4 heteroatoms. The summed E-state index contributed by atoms with van der Waals surface area (Å²) in [6, 6.07) is 7.58. The summed E-state index contributed by atoms with van der Waals surface area (Å²) >= 11 is 0. The van der Waals surface area contributed by atoms with Crippen molar-refractivity contribution in [3.8, 4) is 11.1 Å². The number of rotatable bonds is 1. The fraction of sp³-hybridized carbons (Fsp3) is 0. The molecule has 0 aliphatic rings. The summed E-state index contributed by atoms with van der Waals surface area (Å²) in [6.45, 7) is 0. The van der Waals surface area contributed by atoms with Crippen molar-refractivity contribution in [3.63, 3.8) is 0 Å². The number of nitrogens with one attached hydrogen (secondary N) is 1. The quantitative estimate of drug-likeness (QED) is 0.695. The van der Waals surface area contributed by atoms with Crippen molar-refractivity contribution < 1.29 is 4.39 Å². The van der Waals surface area contributed by atoms with Gasteiger partial charge in [-0.3, -0.25) is 4.79 Å². The van der Waals surface area contributed by atoms with Gasteiger partial charge >= 0.3 is 0 Å². The lowest BCUT2D eigenvalue weighted by Gasteiger charge is -2.02. The largest absolute Gasteiger partial charge is 0.396 e. The molecule has 1 aromatic heterocycles. The Hall–Kier alpha value is -2.10. The molecule has 3 N–H and O–H groups in total. The van der Waals surface area contributed by atoms with E-state index in [1.54, 1.807) is 18.3 Å². The van der Waals surface area contributed by atoms with E-state index in [1.165, 1.54) is 18.2 Å². The van der Waals surface area contributed by atoms with Gasteiger partial charge in [0.15, 0.2) is 0 Å². The molecule has 1 heterocycles. The second kappa shape index (κ2) is 3.57. The molecule has 0 amide bonds. The smallest absolute Gasteiger partial charge is 0.255 e. The van der Waals surface area contributed by atoms with Gasteiger partial charge in [-0.25, -0.2) is 4.39 Å². The van der Waals surface area contributed by atoms with Crippen LogP contribution in [0.5, 0.6) is 0 Å². The van der Waals surface area contributed by atoms with Crippen molar-refractivity contribution in [2.45, 2.75) is 0 Å². The van der Waals surface area contributed by atoms with E-state index in [2.05, 4.69) is 4.98 Å². The molecule has 0 saturated heterocycles. The topological polar surface area (TPSA) is 58.9 Å². The molecule has 0 aliphatic carbocycles. The summed E-state index contributed by atoms with van der Waals surface area (Å²) in [4.78, 5) is 14.0. The van der Waals surface area contributed by atoms with Crippen LogP contribution in [0.3, 0.4) is 0 Å². The van der Waals surface area contributed by atoms with E-state index in [0.29, 0.717) is 11.1 Å². The van der Waals surface area contributed by atoms with Crippen molar-refractivity contribution in [3.05, 3.63) is 52.7 Å². The van der Waals surface area contributed by atoms with E-state index in [9.17, 15) is 9.18 Å². The van der Waals surface area contributed by atoms with Crippen LogP contribution in [0.1, 0.15) is 0 Å². The van der Waals surface area contributed by atoms with Gasteiger partial charge < -0.3 is 10.7 Å². The van der Waals surface area contributed by atoms with Crippen molar-refractivity contribution in [2.24, 2.45) is 0 Å². The number of nitrogen functional groups attached to an aromatic ring is 1. The van der Waals surface area contributed by atoms with Crippen LogP contribution >= 0.6 is 0 Å². The molecule has 76 valence electrons. The first-order valence-corrected chi connectivity index (χ1v) is 4.41. The monoisotopic (exact) mass is 204 g/mol. The number of aromatic amines is 1. The van der Waals surface area contributed by atoms with Crippen LogP contribution in [0, 0.1) is 5.82 Å². The standard InChI is InChI=1S/C11H9FN2O/c12-9-4-3-7(6-10(9)13)8-2-1-5-14-11(8)15/h1-6H,13H2,(H,14,15). The minimum Gasteiger partial charge on any atom is -0.396 e. The highest BCUT2D eigenvalue weighted by Gasteiger charge is 2.04. The second-order valence-corrected chi connectivity index (χ2v) is 3.15. The van der Waals surface area contributed by atoms with E-state index >= 15 is 0 Å². The Labute approximate surface area is 85.4 Å². The van der Waals surface area contributed by atoms with Gasteiger partial charge in [-0.15, -0.1) is 0 Å². The molecule has 0 atom stereocenters. The maximum absolute atomic E-state index is 12.9. The van der Waals surface area contributed by atoms with Crippen molar-refractivity contribution in [2.75, 3.05) is 5.73 Å². The summed E-state index contributed by atoms with van der Waals surface area (Å²) in [7, 11) is 0. The minimum absolute atomic E-state index is 0.0377. The third kappa shape index (κ3) is 1.74. The third-order valence-electron chi connectivity index (χ3n) is 2.13. The van der Waals surface area contributed by atoms with E-state index in [0.717, 1.165) is 0 Å². The molecule has 0 saturated carbocycles. The first-order valence-electron chi connectivity index (χ1n) is 4.41. The number of pyridine rings is 1. The van der Waals surface area contributed by atoms with Gasteiger partial charge in [-0.05, 0) is 29.8 Å². The molecule has 1 aromatic carbocycles. The number of halogens is 1. The fourth-order valence-corrected chi connectivity index (χ4v) is 1.36. The molecule has 0 unspecified atom stereocenters. The van der Waals surface area contributed by atoms with Crippen LogP contribution < -0.4 is 11.3 Å². The van der Waals surface area contributed by atoms with E-state index in [-0.39, 0.29) is 11.2 Å². The predicted molar refractivity (Wildman–Crippen MR) is 56.9 cm³/mol. The highest BCUT2D eigenvalue weighted by Crippen LogP contribution is 2.19. The number of H-pyrrole nitrogens is 1. The van der Waals surface area contributed by atoms with E-state index < -0.39 is 5.82 Å². The molecule has 0 bridgehead atoms. The van der Waals surface area contributed by atoms with Crippen molar-refractivity contribution in [1.29, 1.82) is 0 Å². The molecule has 0 spiro atoms. The molecule has 15 heavy (non-hydrogen) atoms. The number of hydrogen-bond acceptors (Lipinski definition) is 2. The zero-order valence-corrected chi connectivity index (χ0v) is 7.83. The molecule has 2 rings (SSSR count). The van der Waals surface area contributed by atoms with Crippen molar-refractivity contribution >= 4 is 5.69 Å². The first-order chi connectivity index (χ1) is 7.18. The minimum atomic E-state index is -0.480. The average molecular weight is 204 g/mol. The molecule has 0 aliphatic heterocycles. The molecular weight excluding hydrogens is 195 g/mol. The zero-order chi connectivity index (χ0) is 10.8. The number of benzene rings is 1. The average Bonchev–Trinajstić information content (AvgIpc) is 2.23. The lowest BCUT2D eigenvalue weighted by atomic mass is 10.1. The van der Waals surface area contributed by atoms with Crippen LogP contribution in [0.2, 0.25) is 0 Å². The molecule has 3 nitrogen and oxygen atoms in total. The zero-order valence-electron chi connectivity index (χ0n) is 7.83. The van der Waals surface area contributed by atoms with E-state index in [4.69, 9.17) is 5.73 Å². The van der Waals surface area contributed by atoms with Crippen molar-refractivity contribution in [1.82, 2.24) is 4.98 Å². The van der Waals surface area contributed by atoms with Gasteiger partial charge in [-0.1, -0.05) is 6.07 Å². The highest BCUT2D eigenvalue weighted by molar-refractivity contribution is 5.66. The van der Waals surface area contributed by atoms with E-state index in [1.807, 2.05) is 0 Å². The number of anilines is 1. The first kappa shape index (κ1) is 9.45. The Balaban J connectivity index is 2.60. The Morgan fingerprint density at radius 3 is 2.73 bits per heavy atom. The Bertz CT molecular complexity index is 548. The van der Waals surface area contributed by atoms with Crippen LogP contribution in [0.15, 0.2) is 41.3 Å². The van der Waals surface area contributed by atoms with Gasteiger partial charge in [0.1, 0.15) is 5.82 Å². The molecular formula is C11H9FN2O. The van der Waals surface area contributed by atoms with Crippen LogP contribution in [0.4, 0.5) is 10.1 Å². The normalized spacial score (nSPS) is 10.2. The van der Waals surface area contributed by atoms with Gasteiger partial charge in [0, 0.05) is 11.8 Å². The van der Waals surface area contributed by atoms with Gasteiger partial charge in [-0.2, -0.15) is 0 Å². The Morgan fingerprint density at radius 1 is 1.27 bits per heavy atom. The second-order valence-electron chi connectivity index (χ2n) is 3.15. The number of nitrogens with two attached hydrogens (primary N) is 1. The van der Waals surface area contributed by atoms with Gasteiger partial charge in [0.2, 0.25) is 0 Å². The predicted octanol–water partition coefficient (Wildman–Crippen LogP) is 1.76. The lowest BCUT2D eigenvalue weighted by molar-refractivity contribution is 0.632. The molecule has 0 radical (unpaired) electrons. The third-order valence-corrected chi connectivity index (χ3v) is 2.13. The number of hydrogen-bond donors (Lipinski definition) is 2. The summed E-state index contributed by atoms with van der Waals surface area (Å²) in [5, 5.41) is 0. The Kier molecular flexibility index (Phi) is 2.25. The number of aromatic nitrogens is 1. The van der Waals surface area contributed by atoms with Crippen LogP contribution in [-0.2, 0) is 0 Å². The SMILES string of the molecule is Nc1cc(-c2ccc[nH]c2=O)ccc1F. The maximum atomic E-state index is 12.9. The summed E-state index contributed by atoms with van der Waals surface area (Å²) in [5.74, 6) is -0.480. The lowest BCUT2D eigenvalue weighted by Crippen LogP contribution is -2.07. The summed E-state index contributed by atoms with van der Waals surface area (Å²) in [6.07, 6.45) is 1.54. The fourth-order valence-electron chi connectivity index (χ4n) is 1.36. The van der Waals surface area contributed by atoms with Gasteiger partial charge in [0.25, 0.3) is 5.56 Å². The van der Waals surface area contributed by atoms with Crippen LogP contribution in [0.25, 0.3) is 11.1 Å². The van der Waals surface area contributed by atoms with Crippen LogP contribution in [-0.4, -0.2) is 4.98 Å². The highest BCUT2D eigenvalue weighted by atomic mass is 19.1. The Morgan fingerprint density at radius 2 is 2.07 bits per heavy atom. The molecule has 2 aromatic rings. The molecule has 0 fully saturated rings. The van der Waals surface area contributed by atoms with Gasteiger partial charge in [0.05, 0.1) is 5.69 Å². The summed E-state index contributed by atoms with van der Waals surface area (Å²) < 4.78 is 12.9. The summed E-state index contributed by atoms with van der Waals surface area (Å²) in [5.41, 5.74) is 6.32.